The van der Waals surface area contributed by atoms with Gasteiger partial charge in [0.1, 0.15) is 17.1 Å². The van der Waals surface area contributed by atoms with E-state index in [1.54, 1.807) is 7.11 Å². The number of methoxy groups -OCH3 is 1. The van der Waals surface area contributed by atoms with Gasteiger partial charge in [0.05, 0.1) is 7.11 Å². The Morgan fingerprint density at radius 3 is 1.91 bits per heavy atom. The summed E-state index contributed by atoms with van der Waals surface area (Å²) >= 11 is 0. The first-order chi connectivity index (χ1) is 10.6. The number of nitrogens with zero attached hydrogens (tertiary/aromatic N) is 2. The van der Waals surface area contributed by atoms with E-state index in [2.05, 4.69) is 48.3 Å². The normalized spacial score (nSPS) is 10.7. The van der Waals surface area contributed by atoms with Crippen molar-refractivity contribution in [3.8, 4) is 28.3 Å². The van der Waals surface area contributed by atoms with E-state index in [4.69, 9.17) is 4.74 Å². The van der Waals surface area contributed by atoms with E-state index in [-0.39, 0.29) is 0 Å². The highest BCUT2D eigenvalue weighted by Gasteiger charge is 2.14. The lowest BCUT2D eigenvalue weighted by molar-refractivity contribution is 0.415. The lowest BCUT2D eigenvalue weighted by Gasteiger charge is -2.08. The highest BCUT2D eigenvalue weighted by atomic mass is 16.5. The second kappa shape index (κ2) is 5.64. The Morgan fingerprint density at radius 2 is 1.36 bits per heavy atom. The molecule has 0 aliphatic carbocycles. The zero-order valence-corrected chi connectivity index (χ0v) is 13.3. The molecule has 1 N–H and O–H groups in total. The van der Waals surface area contributed by atoms with Crippen molar-refractivity contribution in [3.63, 3.8) is 0 Å². The molecule has 0 unspecified atom stereocenters. The Hall–Kier alpha value is -2.62. The smallest absolute Gasteiger partial charge is 0.120 e. The molecule has 0 saturated heterocycles. The van der Waals surface area contributed by atoms with Crippen LogP contribution < -0.4 is 4.74 Å². The van der Waals surface area contributed by atoms with Crippen LogP contribution in [0.15, 0.2) is 36.4 Å². The molecule has 1 aromatic heterocycles. The van der Waals surface area contributed by atoms with Gasteiger partial charge in [-0.05, 0) is 73.9 Å². The summed E-state index contributed by atoms with van der Waals surface area (Å²) in [6, 6.07) is 12.2. The fourth-order valence-corrected chi connectivity index (χ4v) is 2.55. The van der Waals surface area contributed by atoms with Gasteiger partial charge in [0.15, 0.2) is 0 Å². The Bertz CT molecular complexity index is 780. The second-order valence-electron chi connectivity index (χ2n) is 5.48. The quantitative estimate of drug-likeness (QED) is 0.792. The van der Waals surface area contributed by atoms with Crippen LogP contribution in [0.1, 0.15) is 16.7 Å². The molecule has 1 heterocycles. The number of nitrogens with one attached hydrogen (secondary N) is 1. The maximum atomic E-state index is 5.20. The average Bonchev–Trinajstić information content (AvgIpc) is 3.01. The van der Waals surface area contributed by atoms with Gasteiger partial charge >= 0.3 is 0 Å². The molecule has 2 aromatic carbocycles. The predicted octanol–water partition coefficient (Wildman–Crippen LogP) is 4.07. The summed E-state index contributed by atoms with van der Waals surface area (Å²) in [4.78, 5) is 0. The maximum Gasteiger partial charge on any atom is 0.120 e. The van der Waals surface area contributed by atoms with Gasteiger partial charge < -0.3 is 4.74 Å². The van der Waals surface area contributed by atoms with Gasteiger partial charge in [0.2, 0.25) is 0 Å². The van der Waals surface area contributed by atoms with Gasteiger partial charge in [-0.25, -0.2) is 0 Å². The number of hydrogen-bond acceptors (Lipinski definition) is 3. The van der Waals surface area contributed by atoms with Crippen molar-refractivity contribution in [1.29, 1.82) is 0 Å². The third-order valence-corrected chi connectivity index (χ3v) is 4.11. The highest BCUT2D eigenvalue weighted by molar-refractivity contribution is 5.78. The van der Waals surface area contributed by atoms with Crippen LogP contribution in [0.2, 0.25) is 0 Å². The van der Waals surface area contributed by atoms with Crippen LogP contribution in [0.4, 0.5) is 0 Å². The minimum absolute atomic E-state index is 0.829. The van der Waals surface area contributed by atoms with Gasteiger partial charge in [-0.15, -0.1) is 0 Å². The fourth-order valence-electron chi connectivity index (χ4n) is 2.55. The molecular weight excluding hydrogens is 274 g/mol. The van der Waals surface area contributed by atoms with Gasteiger partial charge in [-0.2, -0.15) is 15.4 Å². The van der Waals surface area contributed by atoms with E-state index in [0.717, 1.165) is 28.3 Å². The third kappa shape index (κ3) is 2.48. The van der Waals surface area contributed by atoms with Crippen molar-refractivity contribution < 1.29 is 4.74 Å². The number of H-pyrrole nitrogens is 1. The van der Waals surface area contributed by atoms with Crippen LogP contribution in [0.25, 0.3) is 22.5 Å². The summed E-state index contributed by atoms with van der Waals surface area (Å²) in [5.74, 6) is 0.829. The van der Waals surface area contributed by atoms with Crippen LogP contribution in [-0.4, -0.2) is 22.5 Å². The average molecular weight is 293 g/mol. The molecule has 0 aliphatic rings. The summed E-state index contributed by atoms with van der Waals surface area (Å²) in [5, 5.41) is 11.4. The predicted molar refractivity (Wildman–Crippen MR) is 88.0 cm³/mol. The van der Waals surface area contributed by atoms with Gasteiger partial charge in [0, 0.05) is 11.1 Å². The zero-order chi connectivity index (χ0) is 15.7. The molecule has 112 valence electrons. The lowest BCUT2D eigenvalue weighted by atomic mass is 9.97. The summed E-state index contributed by atoms with van der Waals surface area (Å²) in [7, 11) is 1.66. The van der Waals surface area contributed by atoms with E-state index in [9.17, 15) is 0 Å². The van der Waals surface area contributed by atoms with Crippen molar-refractivity contribution in [2.45, 2.75) is 20.8 Å². The molecule has 0 atom stereocenters. The largest absolute Gasteiger partial charge is 0.497 e. The Kier molecular flexibility index (Phi) is 3.67. The number of ether oxygens (including phenoxy) is 1. The second-order valence-corrected chi connectivity index (χ2v) is 5.48. The van der Waals surface area contributed by atoms with Crippen LogP contribution >= 0.6 is 0 Å². The number of hydrogen-bond donors (Lipinski definition) is 1. The molecular formula is C18H19N3O. The summed E-state index contributed by atoms with van der Waals surface area (Å²) < 4.78 is 5.20. The van der Waals surface area contributed by atoms with E-state index in [0.29, 0.717) is 0 Å². The molecule has 4 heteroatoms. The summed E-state index contributed by atoms with van der Waals surface area (Å²) in [6.45, 7) is 6.39. The van der Waals surface area contributed by atoms with E-state index >= 15 is 0 Å². The van der Waals surface area contributed by atoms with Crippen LogP contribution in [0.3, 0.4) is 0 Å². The number of rotatable bonds is 3. The molecule has 22 heavy (non-hydrogen) atoms. The molecule has 0 saturated carbocycles. The fraction of sp³-hybridized carbons (Fsp3) is 0.222. The monoisotopic (exact) mass is 293 g/mol. The standard InChI is InChI=1S/C18H19N3O/c1-11-9-15(10-12(2)13(11)3)18-17(19-21-20-18)14-5-7-16(22-4)8-6-14/h5-10H,1-4H3,(H,19,20,21). The first-order valence-electron chi connectivity index (χ1n) is 7.23. The van der Waals surface area contributed by atoms with Crippen molar-refractivity contribution in [2.24, 2.45) is 0 Å². The Balaban J connectivity index is 2.08. The molecule has 0 fully saturated rings. The van der Waals surface area contributed by atoms with Crippen molar-refractivity contribution in [2.75, 3.05) is 7.11 Å². The molecule has 0 aliphatic heterocycles. The summed E-state index contributed by atoms with van der Waals surface area (Å²) in [5.41, 5.74) is 7.66. The number of aromatic amines is 1. The van der Waals surface area contributed by atoms with Gasteiger partial charge in [-0.1, -0.05) is 0 Å². The first kappa shape index (κ1) is 14.3. The van der Waals surface area contributed by atoms with E-state index < -0.39 is 0 Å². The number of benzene rings is 2. The minimum atomic E-state index is 0.829. The molecule has 4 nitrogen and oxygen atoms in total. The lowest BCUT2D eigenvalue weighted by Crippen LogP contribution is -1.91. The van der Waals surface area contributed by atoms with Crippen molar-refractivity contribution >= 4 is 0 Å². The molecule has 0 spiro atoms. The van der Waals surface area contributed by atoms with Gasteiger partial charge in [0.25, 0.3) is 0 Å². The van der Waals surface area contributed by atoms with E-state index in [1.165, 1.54) is 16.7 Å². The SMILES string of the molecule is COc1ccc(-c2n[nH]nc2-c2cc(C)c(C)c(C)c2)cc1. The molecule has 0 amide bonds. The molecule has 0 bridgehead atoms. The molecule has 3 aromatic rings. The zero-order valence-electron chi connectivity index (χ0n) is 13.3. The topological polar surface area (TPSA) is 50.8 Å². The molecule has 3 rings (SSSR count). The Labute approximate surface area is 130 Å². The minimum Gasteiger partial charge on any atom is -0.497 e. The molecule has 0 radical (unpaired) electrons. The van der Waals surface area contributed by atoms with Crippen LogP contribution in [-0.2, 0) is 0 Å². The first-order valence-corrected chi connectivity index (χ1v) is 7.23. The number of aryl methyl sites for hydroxylation is 2. The van der Waals surface area contributed by atoms with Crippen molar-refractivity contribution in [1.82, 2.24) is 15.4 Å². The highest BCUT2D eigenvalue weighted by Crippen LogP contribution is 2.31. The maximum absolute atomic E-state index is 5.20. The third-order valence-electron chi connectivity index (χ3n) is 4.11. The summed E-state index contributed by atoms with van der Waals surface area (Å²) in [6.07, 6.45) is 0. The van der Waals surface area contributed by atoms with Crippen LogP contribution in [0, 0.1) is 20.8 Å². The number of aromatic nitrogens is 3. The Morgan fingerprint density at radius 1 is 0.818 bits per heavy atom. The van der Waals surface area contributed by atoms with Crippen LogP contribution in [0.5, 0.6) is 5.75 Å². The van der Waals surface area contributed by atoms with E-state index in [1.807, 2.05) is 24.3 Å². The van der Waals surface area contributed by atoms with Gasteiger partial charge in [-0.3, -0.25) is 0 Å². The van der Waals surface area contributed by atoms with Crippen molar-refractivity contribution in [3.05, 3.63) is 53.1 Å².